The molecule has 0 atom stereocenters. The summed E-state index contributed by atoms with van der Waals surface area (Å²) in [5.74, 6) is 0. The van der Waals surface area contributed by atoms with Crippen LogP contribution in [-0.2, 0) is 9.47 Å². The van der Waals surface area contributed by atoms with Gasteiger partial charge in [-0.05, 0) is 0 Å². The minimum atomic E-state index is -4.41. The van der Waals surface area contributed by atoms with Gasteiger partial charge in [0.25, 0.3) is 0 Å². The van der Waals surface area contributed by atoms with E-state index in [0.717, 1.165) is 7.11 Å². The molecule has 70 valence electrons. The zero-order chi connectivity index (χ0) is 8.20. The smallest absolute Gasteiger partial charge is 0.358 e. The third-order valence-electron chi connectivity index (χ3n) is 0.623. The average Bonchev–Trinajstić information content (AvgIpc) is 1.84. The summed E-state index contributed by atoms with van der Waals surface area (Å²) in [5.41, 5.74) is 0. The molecule has 2 nitrogen and oxygen atoms in total. The molecule has 11 heavy (non-hydrogen) atoms. The van der Waals surface area contributed by atoms with Crippen LogP contribution in [0.25, 0.3) is 0 Å². The first-order valence-electron chi connectivity index (χ1n) is 2.29. The fourth-order valence-corrected chi connectivity index (χ4v) is 0.200. The first-order chi connectivity index (χ1) is 4.50. The Bertz CT molecular complexity index is 96.5. The van der Waals surface area contributed by atoms with Crippen LogP contribution in [-0.4, -0.2) is 26.4 Å². The van der Waals surface area contributed by atoms with Crippen molar-refractivity contribution in [1.82, 2.24) is 0 Å². The third kappa shape index (κ3) is 4.97. The molecule has 0 saturated carbocycles. The van der Waals surface area contributed by atoms with E-state index in [1.807, 2.05) is 0 Å². The molecule has 0 radical (unpaired) electrons. The molecule has 0 spiro atoms. The predicted molar refractivity (Wildman–Crippen MR) is 30.6 cm³/mol. The highest BCUT2D eigenvalue weighted by atomic mass is 19.3. The van der Waals surface area contributed by atoms with Crippen LogP contribution in [0.1, 0.15) is 7.43 Å². The van der Waals surface area contributed by atoms with Gasteiger partial charge in [-0.2, -0.15) is 8.78 Å². The Balaban J connectivity index is 0. The molecule has 0 amide bonds. The van der Waals surface area contributed by atoms with Crippen molar-refractivity contribution in [3.63, 3.8) is 0 Å². The zero-order valence-electron chi connectivity index (χ0n) is 5.11. The van der Waals surface area contributed by atoms with Crippen LogP contribution in [0.4, 0.5) is 17.6 Å². The number of alkyl halides is 4. The van der Waals surface area contributed by atoms with Crippen LogP contribution in [0.2, 0.25) is 0 Å². The van der Waals surface area contributed by atoms with Crippen molar-refractivity contribution in [2.24, 2.45) is 0 Å². The van der Waals surface area contributed by atoms with Gasteiger partial charge >= 0.3 is 12.5 Å². The minimum absolute atomic E-state index is 0. The summed E-state index contributed by atoms with van der Waals surface area (Å²) in [6, 6.07) is 0. The second kappa shape index (κ2) is 5.31. The molecule has 0 aromatic carbocycles. The Morgan fingerprint density at radius 3 is 2.09 bits per heavy atom. The van der Waals surface area contributed by atoms with E-state index in [0.29, 0.717) is 0 Å². The largest absolute Gasteiger partial charge is 0.418 e. The Labute approximate surface area is 62.1 Å². The van der Waals surface area contributed by atoms with Gasteiger partial charge in [-0.1, -0.05) is 7.43 Å². The lowest BCUT2D eigenvalue weighted by atomic mass is 10.7. The molecule has 0 aliphatic heterocycles. The van der Waals surface area contributed by atoms with Gasteiger partial charge in [0.15, 0.2) is 6.79 Å². The second-order valence-corrected chi connectivity index (χ2v) is 1.41. The van der Waals surface area contributed by atoms with E-state index in [9.17, 15) is 17.6 Å². The molecular weight excluding hydrogens is 168 g/mol. The number of ether oxygens (including phenoxy) is 2. The first kappa shape index (κ1) is 13.2. The molecule has 0 rings (SSSR count). The van der Waals surface area contributed by atoms with Crippen LogP contribution >= 0.6 is 0 Å². The summed E-state index contributed by atoms with van der Waals surface area (Å²) in [7, 11) is 1.06. The van der Waals surface area contributed by atoms with E-state index in [2.05, 4.69) is 9.47 Å². The molecule has 0 aliphatic rings. The molecule has 0 bridgehead atoms. The lowest BCUT2D eigenvalue weighted by Gasteiger charge is -2.13. The van der Waals surface area contributed by atoms with E-state index >= 15 is 0 Å². The van der Waals surface area contributed by atoms with Gasteiger partial charge in [0, 0.05) is 7.11 Å². The maximum Gasteiger partial charge on any atom is 0.418 e. The molecule has 0 heterocycles. The summed E-state index contributed by atoms with van der Waals surface area (Å²) in [4.78, 5) is 0. The highest BCUT2D eigenvalue weighted by molar-refractivity contribution is 4.52. The maximum atomic E-state index is 11.7. The standard InChI is InChI=1S/C4H6F4O2.CH4/c1-9-2-10-4(7,8)3(5)6;/h3H,2H2,1H3;1H4. The zero-order valence-corrected chi connectivity index (χ0v) is 5.11. The molecule has 0 aromatic heterocycles. The van der Waals surface area contributed by atoms with Crippen molar-refractivity contribution in [2.75, 3.05) is 13.9 Å². The molecule has 0 saturated heterocycles. The highest BCUT2D eigenvalue weighted by Crippen LogP contribution is 2.23. The van der Waals surface area contributed by atoms with Crippen molar-refractivity contribution in [1.29, 1.82) is 0 Å². The normalized spacial score (nSPS) is 11.5. The summed E-state index contributed by atoms with van der Waals surface area (Å²) < 4.78 is 53.1. The van der Waals surface area contributed by atoms with Gasteiger partial charge in [-0.3, -0.25) is 4.74 Å². The number of rotatable bonds is 4. The Morgan fingerprint density at radius 2 is 1.82 bits per heavy atom. The first-order valence-corrected chi connectivity index (χ1v) is 2.29. The Kier molecular flexibility index (Phi) is 6.40. The van der Waals surface area contributed by atoms with Crippen LogP contribution in [0, 0.1) is 0 Å². The molecule has 6 heteroatoms. The summed E-state index contributed by atoms with van der Waals surface area (Å²) in [6.07, 6.45) is -8.22. The quantitative estimate of drug-likeness (QED) is 0.484. The molecule has 0 unspecified atom stereocenters. The van der Waals surface area contributed by atoms with Crippen LogP contribution in [0.3, 0.4) is 0 Å². The molecule has 0 aliphatic carbocycles. The van der Waals surface area contributed by atoms with E-state index in [1.165, 1.54) is 0 Å². The van der Waals surface area contributed by atoms with Gasteiger partial charge in [0.1, 0.15) is 0 Å². The highest BCUT2D eigenvalue weighted by Gasteiger charge is 2.42. The van der Waals surface area contributed by atoms with E-state index in [-0.39, 0.29) is 7.43 Å². The molecule has 0 aromatic rings. The second-order valence-electron chi connectivity index (χ2n) is 1.41. The fourth-order valence-electron chi connectivity index (χ4n) is 0.200. The van der Waals surface area contributed by atoms with Crippen molar-refractivity contribution in [2.45, 2.75) is 20.0 Å². The van der Waals surface area contributed by atoms with Crippen molar-refractivity contribution < 1.29 is 27.0 Å². The topological polar surface area (TPSA) is 18.5 Å². The summed E-state index contributed by atoms with van der Waals surface area (Å²) in [6.45, 7) is -0.850. The predicted octanol–water partition coefficient (Wildman–Crippen LogP) is 2.10. The number of halogens is 4. The van der Waals surface area contributed by atoms with Crippen LogP contribution in [0.5, 0.6) is 0 Å². The van der Waals surface area contributed by atoms with Crippen LogP contribution in [0.15, 0.2) is 0 Å². The van der Waals surface area contributed by atoms with E-state index < -0.39 is 19.3 Å². The number of hydrogen-bond acceptors (Lipinski definition) is 2. The minimum Gasteiger partial charge on any atom is -0.358 e. The third-order valence-corrected chi connectivity index (χ3v) is 0.623. The molecular formula is C5H10F4O2. The fraction of sp³-hybridized carbons (Fsp3) is 1.00. The Morgan fingerprint density at radius 1 is 1.36 bits per heavy atom. The molecule has 0 N–H and O–H groups in total. The van der Waals surface area contributed by atoms with Gasteiger partial charge in [-0.15, -0.1) is 0 Å². The van der Waals surface area contributed by atoms with Gasteiger partial charge < -0.3 is 4.74 Å². The maximum absolute atomic E-state index is 11.7. The van der Waals surface area contributed by atoms with Crippen molar-refractivity contribution in [3.8, 4) is 0 Å². The number of hydrogen-bond donors (Lipinski definition) is 0. The van der Waals surface area contributed by atoms with Crippen molar-refractivity contribution >= 4 is 0 Å². The average molecular weight is 178 g/mol. The Hall–Kier alpha value is -0.360. The van der Waals surface area contributed by atoms with E-state index in [4.69, 9.17) is 0 Å². The summed E-state index contributed by atoms with van der Waals surface area (Å²) in [5, 5.41) is 0. The van der Waals surface area contributed by atoms with Gasteiger partial charge in [0.05, 0.1) is 0 Å². The van der Waals surface area contributed by atoms with E-state index in [1.54, 1.807) is 0 Å². The van der Waals surface area contributed by atoms with Gasteiger partial charge in [-0.25, -0.2) is 8.78 Å². The van der Waals surface area contributed by atoms with Crippen molar-refractivity contribution in [3.05, 3.63) is 0 Å². The monoisotopic (exact) mass is 178 g/mol. The SMILES string of the molecule is C.COCOC(F)(F)C(F)F. The van der Waals surface area contributed by atoms with Crippen LogP contribution < -0.4 is 0 Å². The van der Waals surface area contributed by atoms with Gasteiger partial charge in [0.2, 0.25) is 0 Å². The lowest BCUT2D eigenvalue weighted by Crippen LogP contribution is -2.30. The number of methoxy groups -OCH3 is 1. The molecule has 0 fully saturated rings. The summed E-state index contributed by atoms with van der Waals surface area (Å²) >= 11 is 0. The lowest BCUT2D eigenvalue weighted by molar-refractivity contribution is -0.323.